The van der Waals surface area contributed by atoms with Crippen LogP contribution in [0, 0.1) is 0 Å². The first-order valence-electron chi connectivity index (χ1n) is 5.29. The Labute approximate surface area is 88.7 Å². The fourth-order valence-electron chi connectivity index (χ4n) is 1.69. The largest absolute Gasteiger partial charge is 0.481 e. The number of unbranched alkanes of at least 4 members (excludes halogenated alkanes) is 2. The molecule has 1 heterocycles. The lowest BCUT2D eigenvalue weighted by Crippen LogP contribution is -2.38. The van der Waals surface area contributed by atoms with Crippen LogP contribution in [0.2, 0.25) is 0 Å². The zero-order chi connectivity index (χ0) is 11.5. The van der Waals surface area contributed by atoms with Crippen LogP contribution in [0.4, 0.5) is 0 Å². The van der Waals surface area contributed by atoms with Crippen molar-refractivity contribution in [3.63, 3.8) is 0 Å². The standard InChI is InChI=1S/C10H18O5/c1-2-3-4-5-7-9(15-7)10(13,14)6-8(11)12/h7,9,13-14H,2-6H2,1H3,(H,11,12). The maximum absolute atomic E-state index is 10.3. The molecule has 1 saturated heterocycles. The van der Waals surface area contributed by atoms with Crippen molar-refractivity contribution in [3.8, 4) is 0 Å². The summed E-state index contributed by atoms with van der Waals surface area (Å²) in [5.41, 5.74) is 0. The van der Waals surface area contributed by atoms with Crippen LogP contribution < -0.4 is 0 Å². The molecule has 5 heteroatoms. The molecule has 0 bridgehead atoms. The molecule has 1 aliphatic rings. The van der Waals surface area contributed by atoms with Crippen molar-refractivity contribution in [2.24, 2.45) is 0 Å². The molecule has 0 saturated carbocycles. The van der Waals surface area contributed by atoms with E-state index in [4.69, 9.17) is 9.84 Å². The van der Waals surface area contributed by atoms with Gasteiger partial charge in [0.2, 0.25) is 5.79 Å². The van der Waals surface area contributed by atoms with Crippen molar-refractivity contribution in [3.05, 3.63) is 0 Å². The van der Waals surface area contributed by atoms with Gasteiger partial charge >= 0.3 is 5.97 Å². The van der Waals surface area contributed by atoms with Gasteiger partial charge in [0.15, 0.2) is 0 Å². The average molecular weight is 218 g/mol. The van der Waals surface area contributed by atoms with Gasteiger partial charge in [-0.2, -0.15) is 0 Å². The summed E-state index contributed by atoms with van der Waals surface area (Å²) in [5.74, 6) is -3.45. The Morgan fingerprint density at radius 1 is 1.40 bits per heavy atom. The van der Waals surface area contributed by atoms with Crippen molar-refractivity contribution >= 4 is 5.97 Å². The molecule has 15 heavy (non-hydrogen) atoms. The average Bonchev–Trinajstić information content (AvgIpc) is 2.82. The molecule has 88 valence electrons. The lowest BCUT2D eigenvalue weighted by atomic mass is 10.0. The fraction of sp³-hybridized carbons (Fsp3) is 0.900. The predicted molar refractivity (Wildman–Crippen MR) is 52.2 cm³/mol. The molecule has 0 aliphatic carbocycles. The molecular weight excluding hydrogens is 200 g/mol. The molecule has 2 unspecified atom stereocenters. The molecule has 0 amide bonds. The highest BCUT2D eigenvalue weighted by molar-refractivity contribution is 5.68. The van der Waals surface area contributed by atoms with E-state index in [1.165, 1.54) is 0 Å². The lowest BCUT2D eigenvalue weighted by molar-refractivity contribution is -0.190. The van der Waals surface area contributed by atoms with E-state index >= 15 is 0 Å². The Balaban J connectivity index is 2.26. The van der Waals surface area contributed by atoms with E-state index in [1.807, 2.05) is 0 Å². The minimum Gasteiger partial charge on any atom is -0.481 e. The molecular formula is C10H18O5. The van der Waals surface area contributed by atoms with Crippen LogP contribution >= 0.6 is 0 Å². The van der Waals surface area contributed by atoms with E-state index < -0.39 is 24.3 Å². The Hall–Kier alpha value is -0.650. The predicted octanol–water partition coefficient (Wildman–Crippen LogP) is 0.490. The summed E-state index contributed by atoms with van der Waals surface area (Å²) in [7, 11) is 0. The summed E-state index contributed by atoms with van der Waals surface area (Å²) in [5, 5.41) is 27.3. The second-order valence-electron chi connectivity index (χ2n) is 4.04. The van der Waals surface area contributed by atoms with E-state index in [2.05, 4.69) is 6.92 Å². The first-order valence-corrected chi connectivity index (χ1v) is 5.29. The van der Waals surface area contributed by atoms with E-state index in [1.54, 1.807) is 0 Å². The van der Waals surface area contributed by atoms with Gasteiger partial charge in [-0.3, -0.25) is 4.79 Å². The van der Waals surface area contributed by atoms with Crippen LogP contribution in [0.15, 0.2) is 0 Å². The molecule has 0 aromatic rings. The molecule has 2 atom stereocenters. The third-order valence-corrected chi connectivity index (χ3v) is 2.54. The summed E-state index contributed by atoms with van der Waals surface area (Å²) in [6, 6.07) is 0. The van der Waals surface area contributed by atoms with Crippen LogP contribution in [-0.4, -0.2) is 39.3 Å². The first kappa shape index (κ1) is 12.4. The van der Waals surface area contributed by atoms with E-state index in [0.717, 1.165) is 25.7 Å². The van der Waals surface area contributed by atoms with Gasteiger partial charge in [-0.15, -0.1) is 0 Å². The summed E-state index contributed by atoms with van der Waals surface area (Å²) in [6.07, 6.45) is 2.30. The highest BCUT2D eigenvalue weighted by atomic mass is 16.6. The summed E-state index contributed by atoms with van der Waals surface area (Å²) in [6.45, 7) is 2.08. The number of aliphatic hydroxyl groups is 2. The van der Waals surface area contributed by atoms with Crippen LogP contribution in [0.1, 0.15) is 39.0 Å². The molecule has 1 fully saturated rings. The Morgan fingerprint density at radius 3 is 2.60 bits per heavy atom. The zero-order valence-electron chi connectivity index (χ0n) is 8.85. The normalized spacial score (nSPS) is 25.3. The Morgan fingerprint density at radius 2 is 2.07 bits per heavy atom. The van der Waals surface area contributed by atoms with Crippen molar-refractivity contribution in [1.82, 2.24) is 0 Å². The van der Waals surface area contributed by atoms with Crippen molar-refractivity contribution in [2.75, 3.05) is 0 Å². The highest BCUT2D eigenvalue weighted by Gasteiger charge is 2.53. The van der Waals surface area contributed by atoms with Crippen LogP contribution in [-0.2, 0) is 9.53 Å². The number of epoxide rings is 1. The molecule has 1 rings (SSSR count). The summed E-state index contributed by atoms with van der Waals surface area (Å²) < 4.78 is 5.07. The SMILES string of the molecule is CCCCCC1OC1C(O)(O)CC(=O)O. The quantitative estimate of drug-likeness (QED) is 0.328. The van der Waals surface area contributed by atoms with Crippen LogP contribution in [0.3, 0.4) is 0 Å². The van der Waals surface area contributed by atoms with Crippen molar-refractivity contribution in [1.29, 1.82) is 0 Å². The topological polar surface area (TPSA) is 90.3 Å². The van der Waals surface area contributed by atoms with Gasteiger partial charge in [-0.1, -0.05) is 26.2 Å². The summed E-state index contributed by atoms with van der Waals surface area (Å²) in [4.78, 5) is 10.3. The Kier molecular flexibility index (Phi) is 4.07. The number of aliphatic carboxylic acids is 1. The highest BCUT2D eigenvalue weighted by Crippen LogP contribution is 2.36. The monoisotopic (exact) mass is 218 g/mol. The van der Waals surface area contributed by atoms with Gasteiger partial charge < -0.3 is 20.1 Å². The van der Waals surface area contributed by atoms with Crippen molar-refractivity contribution < 1.29 is 24.9 Å². The van der Waals surface area contributed by atoms with Gasteiger partial charge in [0, 0.05) is 0 Å². The molecule has 1 aliphatic heterocycles. The molecule has 5 nitrogen and oxygen atoms in total. The van der Waals surface area contributed by atoms with Gasteiger partial charge in [0.05, 0.1) is 6.10 Å². The Bertz CT molecular complexity index is 226. The minimum absolute atomic E-state index is 0.189. The number of carbonyl (C=O) groups is 1. The maximum Gasteiger partial charge on any atom is 0.308 e. The molecule has 0 radical (unpaired) electrons. The number of rotatable bonds is 7. The smallest absolute Gasteiger partial charge is 0.308 e. The molecule has 0 aromatic heterocycles. The van der Waals surface area contributed by atoms with Crippen LogP contribution in [0.25, 0.3) is 0 Å². The number of hydrogen-bond donors (Lipinski definition) is 3. The number of ether oxygens (including phenoxy) is 1. The first-order chi connectivity index (χ1) is 6.97. The van der Waals surface area contributed by atoms with Gasteiger partial charge in [-0.25, -0.2) is 0 Å². The third-order valence-electron chi connectivity index (χ3n) is 2.54. The van der Waals surface area contributed by atoms with Crippen LogP contribution in [0.5, 0.6) is 0 Å². The van der Waals surface area contributed by atoms with Gasteiger partial charge in [-0.05, 0) is 6.42 Å². The second kappa shape index (κ2) is 4.92. The molecule has 0 aromatic carbocycles. The fourth-order valence-corrected chi connectivity index (χ4v) is 1.69. The molecule has 0 spiro atoms. The zero-order valence-corrected chi connectivity index (χ0v) is 8.85. The number of hydrogen-bond acceptors (Lipinski definition) is 4. The summed E-state index contributed by atoms with van der Waals surface area (Å²) >= 11 is 0. The minimum atomic E-state index is -2.22. The maximum atomic E-state index is 10.3. The van der Waals surface area contributed by atoms with E-state index in [-0.39, 0.29) is 6.10 Å². The van der Waals surface area contributed by atoms with Gasteiger partial charge in [0.1, 0.15) is 12.5 Å². The number of carboxylic acid groups (broad SMARTS) is 1. The number of carboxylic acids is 1. The van der Waals surface area contributed by atoms with Crippen molar-refractivity contribution in [2.45, 2.75) is 57.0 Å². The second-order valence-corrected chi connectivity index (χ2v) is 4.04. The molecule has 3 N–H and O–H groups in total. The van der Waals surface area contributed by atoms with Gasteiger partial charge in [0.25, 0.3) is 0 Å². The van der Waals surface area contributed by atoms with E-state index in [9.17, 15) is 15.0 Å². The third kappa shape index (κ3) is 3.77. The van der Waals surface area contributed by atoms with E-state index in [0.29, 0.717) is 0 Å². The lowest BCUT2D eigenvalue weighted by Gasteiger charge is -2.16.